The minimum Gasteiger partial charge on any atom is -0.497 e. The van der Waals surface area contributed by atoms with Gasteiger partial charge in [-0.25, -0.2) is 8.42 Å². The fourth-order valence-corrected chi connectivity index (χ4v) is 6.39. The van der Waals surface area contributed by atoms with Gasteiger partial charge in [0.15, 0.2) is 0 Å². The molecular formula is C23H31N3O5S. The number of hydrogen-bond acceptors (Lipinski definition) is 7. The van der Waals surface area contributed by atoms with Crippen molar-refractivity contribution in [3.63, 3.8) is 0 Å². The Balaban J connectivity index is 1.49. The summed E-state index contributed by atoms with van der Waals surface area (Å²) in [7, 11) is 1.36. The van der Waals surface area contributed by atoms with E-state index >= 15 is 0 Å². The molecule has 2 saturated heterocycles. The maximum atomic E-state index is 13.6. The molecule has 0 aliphatic carbocycles. The van der Waals surface area contributed by atoms with E-state index in [1.807, 2.05) is 30.3 Å². The SMILES string of the molecule is COc1cc(OC)cc([C@H]2[C@H](S(=O)(=O)N3CCN(Cc4ccccc4)CC3)CON2C)c1. The Kier molecular flexibility index (Phi) is 7.02. The summed E-state index contributed by atoms with van der Waals surface area (Å²) in [6.45, 7) is 3.31. The summed E-state index contributed by atoms with van der Waals surface area (Å²) >= 11 is 0. The Morgan fingerprint density at radius 2 is 1.59 bits per heavy atom. The number of hydrogen-bond donors (Lipinski definition) is 0. The van der Waals surface area contributed by atoms with Gasteiger partial charge in [0.25, 0.3) is 0 Å². The molecule has 0 N–H and O–H groups in total. The first kappa shape index (κ1) is 23.0. The van der Waals surface area contributed by atoms with Crippen molar-refractivity contribution in [1.29, 1.82) is 0 Å². The third-order valence-corrected chi connectivity index (χ3v) is 8.47. The predicted molar refractivity (Wildman–Crippen MR) is 122 cm³/mol. The minimum atomic E-state index is -3.57. The molecule has 0 unspecified atom stereocenters. The van der Waals surface area contributed by atoms with Gasteiger partial charge in [-0.1, -0.05) is 30.3 Å². The number of ether oxygens (including phenoxy) is 2. The number of sulfonamides is 1. The van der Waals surface area contributed by atoms with Crippen molar-refractivity contribution < 1.29 is 22.7 Å². The third-order valence-electron chi connectivity index (χ3n) is 6.22. The molecule has 2 aromatic rings. The van der Waals surface area contributed by atoms with E-state index in [0.717, 1.165) is 12.1 Å². The van der Waals surface area contributed by atoms with Crippen LogP contribution in [0.3, 0.4) is 0 Å². The van der Waals surface area contributed by atoms with E-state index in [1.54, 1.807) is 36.7 Å². The lowest BCUT2D eigenvalue weighted by Gasteiger charge is -2.36. The monoisotopic (exact) mass is 461 g/mol. The highest BCUT2D eigenvalue weighted by atomic mass is 32.2. The van der Waals surface area contributed by atoms with E-state index in [-0.39, 0.29) is 6.61 Å². The number of benzene rings is 2. The van der Waals surface area contributed by atoms with Gasteiger partial charge >= 0.3 is 0 Å². The summed E-state index contributed by atoms with van der Waals surface area (Å²) in [6.07, 6.45) is 0. The van der Waals surface area contributed by atoms with Crippen LogP contribution in [0, 0.1) is 0 Å². The van der Waals surface area contributed by atoms with E-state index in [0.29, 0.717) is 37.7 Å². The molecule has 0 saturated carbocycles. The van der Waals surface area contributed by atoms with Crippen LogP contribution in [-0.4, -0.2) is 82.0 Å². The molecule has 2 fully saturated rings. The number of nitrogens with zero attached hydrogens (tertiary/aromatic N) is 3. The molecule has 8 nitrogen and oxygen atoms in total. The highest BCUT2D eigenvalue weighted by Crippen LogP contribution is 2.38. The average molecular weight is 462 g/mol. The topological polar surface area (TPSA) is 71.5 Å². The molecule has 174 valence electrons. The third kappa shape index (κ3) is 4.77. The summed E-state index contributed by atoms with van der Waals surface area (Å²) in [6, 6.07) is 15.3. The molecule has 0 amide bonds. The lowest BCUT2D eigenvalue weighted by atomic mass is 10.0. The molecule has 2 atom stereocenters. The van der Waals surface area contributed by atoms with Gasteiger partial charge in [-0.3, -0.25) is 9.74 Å². The van der Waals surface area contributed by atoms with Gasteiger partial charge in [0.1, 0.15) is 16.7 Å². The van der Waals surface area contributed by atoms with Crippen LogP contribution in [0.5, 0.6) is 11.5 Å². The highest BCUT2D eigenvalue weighted by molar-refractivity contribution is 7.89. The lowest BCUT2D eigenvalue weighted by Crippen LogP contribution is -2.51. The van der Waals surface area contributed by atoms with Crippen LogP contribution in [0.1, 0.15) is 17.2 Å². The van der Waals surface area contributed by atoms with Crippen molar-refractivity contribution in [2.45, 2.75) is 17.8 Å². The van der Waals surface area contributed by atoms with Gasteiger partial charge in [-0.2, -0.15) is 9.37 Å². The largest absolute Gasteiger partial charge is 0.497 e. The second kappa shape index (κ2) is 9.76. The predicted octanol–water partition coefficient (Wildman–Crippen LogP) is 2.14. The Labute approximate surface area is 190 Å². The van der Waals surface area contributed by atoms with E-state index in [4.69, 9.17) is 14.3 Å². The number of piperazine rings is 1. The van der Waals surface area contributed by atoms with Crippen molar-refractivity contribution in [2.24, 2.45) is 0 Å². The first-order chi connectivity index (χ1) is 15.4. The van der Waals surface area contributed by atoms with Crippen molar-refractivity contribution >= 4 is 10.0 Å². The molecule has 0 aromatic heterocycles. The molecule has 2 aliphatic rings. The smallest absolute Gasteiger partial charge is 0.221 e. The molecule has 32 heavy (non-hydrogen) atoms. The molecule has 0 spiro atoms. The zero-order valence-corrected chi connectivity index (χ0v) is 19.6. The van der Waals surface area contributed by atoms with Crippen LogP contribution in [0.4, 0.5) is 0 Å². The van der Waals surface area contributed by atoms with E-state index in [1.165, 1.54) is 5.56 Å². The van der Waals surface area contributed by atoms with Gasteiger partial charge in [0.05, 0.1) is 26.9 Å². The summed E-state index contributed by atoms with van der Waals surface area (Å²) in [5, 5.41) is 0.923. The highest BCUT2D eigenvalue weighted by Gasteiger charge is 2.46. The summed E-state index contributed by atoms with van der Waals surface area (Å²) in [5.74, 6) is 1.23. The molecule has 0 radical (unpaired) electrons. The van der Waals surface area contributed by atoms with Crippen molar-refractivity contribution in [3.8, 4) is 11.5 Å². The Morgan fingerprint density at radius 1 is 0.969 bits per heavy atom. The maximum absolute atomic E-state index is 13.6. The number of hydroxylamine groups is 2. The van der Waals surface area contributed by atoms with Gasteiger partial charge in [0.2, 0.25) is 10.0 Å². The zero-order chi connectivity index (χ0) is 22.7. The van der Waals surface area contributed by atoms with E-state index < -0.39 is 21.3 Å². The standard InChI is InChI=1S/C23H31N3O5S/c1-24-23(19-13-20(29-2)15-21(14-19)30-3)22(17-31-24)32(27,28)26-11-9-25(10-12-26)16-18-7-5-4-6-8-18/h4-8,13-15,22-23H,9-12,16-17H2,1-3H3/t22-,23+/m1/s1. The Morgan fingerprint density at radius 3 is 2.19 bits per heavy atom. The first-order valence-electron chi connectivity index (χ1n) is 10.8. The normalized spacial score (nSPS) is 23.3. The van der Waals surface area contributed by atoms with Crippen LogP contribution < -0.4 is 9.47 Å². The molecule has 2 heterocycles. The molecular weight excluding hydrogens is 430 g/mol. The van der Waals surface area contributed by atoms with E-state index in [9.17, 15) is 8.42 Å². The Hall–Kier alpha value is -2.17. The maximum Gasteiger partial charge on any atom is 0.221 e. The summed E-state index contributed by atoms with van der Waals surface area (Å²) < 4.78 is 39.6. The second-order valence-electron chi connectivity index (χ2n) is 8.18. The molecule has 2 aliphatic heterocycles. The van der Waals surface area contributed by atoms with Gasteiger partial charge in [-0.05, 0) is 23.3 Å². The Bertz CT molecular complexity index is 987. The average Bonchev–Trinajstić information content (AvgIpc) is 3.22. The zero-order valence-electron chi connectivity index (χ0n) is 18.8. The first-order valence-corrected chi connectivity index (χ1v) is 12.3. The van der Waals surface area contributed by atoms with Crippen LogP contribution in [0.25, 0.3) is 0 Å². The molecule has 4 rings (SSSR count). The van der Waals surface area contributed by atoms with Gasteiger partial charge < -0.3 is 9.47 Å². The van der Waals surface area contributed by atoms with Gasteiger partial charge in [0, 0.05) is 45.8 Å². The fraction of sp³-hybridized carbons (Fsp3) is 0.478. The van der Waals surface area contributed by atoms with Crippen molar-refractivity contribution in [1.82, 2.24) is 14.3 Å². The number of rotatable bonds is 7. The fourth-order valence-electron chi connectivity index (χ4n) is 4.45. The van der Waals surface area contributed by atoms with Crippen LogP contribution in [0.2, 0.25) is 0 Å². The van der Waals surface area contributed by atoms with Crippen LogP contribution in [0.15, 0.2) is 48.5 Å². The van der Waals surface area contributed by atoms with E-state index in [2.05, 4.69) is 17.0 Å². The molecule has 9 heteroatoms. The minimum absolute atomic E-state index is 0.118. The molecule has 2 aromatic carbocycles. The van der Waals surface area contributed by atoms with Crippen LogP contribution >= 0.6 is 0 Å². The summed E-state index contributed by atoms with van der Waals surface area (Å²) in [5.41, 5.74) is 2.03. The number of methoxy groups -OCH3 is 2. The second-order valence-corrected chi connectivity index (χ2v) is 10.3. The van der Waals surface area contributed by atoms with Crippen molar-refractivity contribution in [2.75, 3.05) is 54.1 Å². The summed E-state index contributed by atoms with van der Waals surface area (Å²) in [4.78, 5) is 7.99. The quantitative estimate of drug-likeness (QED) is 0.626. The lowest BCUT2D eigenvalue weighted by molar-refractivity contribution is -0.110. The van der Waals surface area contributed by atoms with Gasteiger partial charge in [-0.15, -0.1) is 0 Å². The van der Waals surface area contributed by atoms with Crippen LogP contribution in [-0.2, 0) is 21.4 Å². The van der Waals surface area contributed by atoms with Crippen molar-refractivity contribution in [3.05, 3.63) is 59.7 Å². The molecule has 0 bridgehead atoms.